The van der Waals surface area contributed by atoms with E-state index in [1.807, 2.05) is 72.8 Å². The average Bonchev–Trinajstić information content (AvgIpc) is 3.76. The van der Waals surface area contributed by atoms with Crippen molar-refractivity contribution in [3.63, 3.8) is 0 Å². The van der Waals surface area contributed by atoms with Gasteiger partial charge in [0.25, 0.3) is 5.91 Å². The number of nitrogens with one attached hydrogen (secondary N) is 1. The van der Waals surface area contributed by atoms with Crippen molar-refractivity contribution >= 4 is 61.0 Å². The van der Waals surface area contributed by atoms with E-state index in [1.165, 1.54) is 11.3 Å². The van der Waals surface area contributed by atoms with Gasteiger partial charge in [-0.1, -0.05) is 60.7 Å². The molecule has 0 saturated heterocycles. The number of carbonyl (C=O) groups is 3. The van der Waals surface area contributed by atoms with Crippen LogP contribution in [0.4, 0.5) is 0 Å². The monoisotopic (exact) mass is 679 g/mol. The van der Waals surface area contributed by atoms with Crippen LogP contribution in [-0.4, -0.2) is 66.3 Å². The first-order valence-electron chi connectivity index (χ1n) is 13.8. The summed E-state index contributed by atoms with van der Waals surface area (Å²) in [5, 5.41) is 51.1. The van der Waals surface area contributed by atoms with Crippen molar-refractivity contribution < 1.29 is 34.4 Å². The van der Waals surface area contributed by atoms with E-state index in [2.05, 4.69) is 25.3 Å². The van der Waals surface area contributed by atoms with Gasteiger partial charge in [-0.05, 0) is 6.92 Å². The van der Waals surface area contributed by atoms with Crippen LogP contribution in [0.25, 0.3) is 41.6 Å². The zero-order valence-electron chi connectivity index (χ0n) is 24.7. The van der Waals surface area contributed by atoms with Gasteiger partial charge in [-0.2, -0.15) is 10.5 Å². The SMILES string of the molecule is CCOC(=O)c1nc(C#N)c2nc(-c3ccccc3)sc2c1O.N#Cc1nc(C(=O)NCC(=O)O)c(O)c2sc(-c3ccccc3)nc12. The number of fused-ring (bicyclic) bond motifs is 2. The van der Waals surface area contributed by atoms with Crippen LogP contribution in [-0.2, 0) is 9.53 Å². The molecule has 0 fully saturated rings. The quantitative estimate of drug-likeness (QED) is 0.165. The molecule has 0 bridgehead atoms. The number of aliphatic carboxylic acids is 1. The number of carboxylic acid groups (broad SMARTS) is 1. The molecule has 4 heterocycles. The minimum absolute atomic E-state index is 0.0146. The molecule has 0 aliphatic rings. The number of aromatic nitrogens is 4. The third-order valence-corrected chi connectivity index (χ3v) is 8.59. The Morgan fingerprint density at radius 1 is 0.771 bits per heavy atom. The predicted octanol–water partition coefficient (Wildman–Crippen LogP) is 4.86. The fourth-order valence-corrected chi connectivity index (χ4v) is 6.27. The van der Waals surface area contributed by atoms with Gasteiger partial charge in [-0.3, -0.25) is 9.59 Å². The number of thiazole rings is 2. The topological polar surface area (TPSA) is 232 Å². The fraction of sp³-hybridized carbons (Fsp3) is 0.0938. The van der Waals surface area contributed by atoms with Gasteiger partial charge >= 0.3 is 11.9 Å². The standard InChI is InChI=1S/C16H10N4O4S.C16H11N3O3S/c17-6-9-11-14(25-16(20-11)8-4-2-1-3-5-8)13(23)12(19-9)15(24)18-7-10(21)22;1-2-22-16(21)12-13(20)14-11(10(8-17)18-12)19-15(23-14)9-6-4-3-5-7-9/h1-5,23H,7H2,(H,18,24)(H,21,22);3-7,20H,2H2,1H3. The Hall–Kier alpha value is -6.49. The van der Waals surface area contributed by atoms with E-state index in [1.54, 1.807) is 6.92 Å². The molecule has 0 saturated carbocycles. The Bertz CT molecular complexity index is 2280. The third kappa shape index (κ3) is 6.70. The lowest BCUT2D eigenvalue weighted by atomic mass is 10.2. The summed E-state index contributed by atoms with van der Waals surface area (Å²) >= 11 is 2.31. The van der Waals surface area contributed by atoms with Gasteiger partial charge in [0.15, 0.2) is 34.3 Å². The molecule has 0 unspecified atom stereocenters. The Kier molecular flexibility index (Phi) is 9.80. The van der Waals surface area contributed by atoms with E-state index in [0.29, 0.717) is 14.7 Å². The van der Waals surface area contributed by atoms with E-state index < -0.39 is 35.8 Å². The van der Waals surface area contributed by atoms with E-state index in [9.17, 15) is 35.1 Å². The number of nitrogens with zero attached hydrogens (tertiary/aromatic N) is 6. The Balaban J connectivity index is 0.000000188. The molecule has 16 heteroatoms. The van der Waals surface area contributed by atoms with Gasteiger partial charge in [0.2, 0.25) is 0 Å². The normalized spacial score (nSPS) is 10.4. The Morgan fingerprint density at radius 2 is 1.23 bits per heavy atom. The average molecular weight is 680 g/mol. The molecule has 6 aromatic rings. The molecule has 0 aliphatic heterocycles. The van der Waals surface area contributed by atoms with E-state index in [0.717, 1.165) is 22.5 Å². The van der Waals surface area contributed by atoms with Crippen LogP contribution in [0.5, 0.6) is 11.5 Å². The van der Waals surface area contributed by atoms with Crippen LogP contribution in [0.2, 0.25) is 0 Å². The minimum Gasteiger partial charge on any atom is -0.504 e. The molecular formula is C32H21N7O7S2. The highest BCUT2D eigenvalue weighted by Gasteiger charge is 2.24. The van der Waals surface area contributed by atoms with Crippen molar-refractivity contribution in [1.29, 1.82) is 10.5 Å². The van der Waals surface area contributed by atoms with Crippen molar-refractivity contribution in [3.05, 3.63) is 83.4 Å². The van der Waals surface area contributed by atoms with Crippen LogP contribution in [0.1, 0.15) is 39.3 Å². The summed E-state index contributed by atoms with van der Waals surface area (Å²) in [5.74, 6) is -3.63. The number of hydrogen-bond acceptors (Lipinski definition) is 14. The smallest absolute Gasteiger partial charge is 0.360 e. The van der Waals surface area contributed by atoms with E-state index in [4.69, 9.17) is 9.84 Å². The highest BCUT2D eigenvalue weighted by atomic mass is 32.1. The molecule has 0 atom stereocenters. The molecule has 0 radical (unpaired) electrons. The summed E-state index contributed by atoms with van der Waals surface area (Å²) in [6.45, 7) is 1.18. The molecule has 0 spiro atoms. The number of nitriles is 2. The summed E-state index contributed by atoms with van der Waals surface area (Å²) in [5.41, 5.74) is 1.32. The number of pyridine rings is 2. The van der Waals surface area contributed by atoms with Crippen molar-refractivity contribution in [2.24, 2.45) is 0 Å². The highest BCUT2D eigenvalue weighted by Crippen LogP contribution is 2.39. The van der Waals surface area contributed by atoms with E-state index >= 15 is 0 Å². The van der Waals surface area contributed by atoms with Gasteiger partial charge in [-0.15, -0.1) is 22.7 Å². The number of carbonyl (C=O) groups excluding carboxylic acids is 2. The number of carboxylic acids is 1. The lowest BCUT2D eigenvalue weighted by Crippen LogP contribution is -2.30. The first-order valence-corrected chi connectivity index (χ1v) is 15.4. The van der Waals surface area contributed by atoms with Crippen molar-refractivity contribution in [2.45, 2.75) is 6.92 Å². The van der Waals surface area contributed by atoms with Crippen LogP contribution in [0, 0.1) is 22.7 Å². The number of rotatable bonds is 7. The lowest BCUT2D eigenvalue weighted by Gasteiger charge is -2.05. The molecule has 238 valence electrons. The predicted molar refractivity (Wildman–Crippen MR) is 174 cm³/mol. The molecule has 4 N–H and O–H groups in total. The Morgan fingerprint density at radius 3 is 1.67 bits per heavy atom. The lowest BCUT2D eigenvalue weighted by molar-refractivity contribution is -0.135. The minimum atomic E-state index is -1.24. The summed E-state index contributed by atoms with van der Waals surface area (Å²) in [6.07, 6.45) is 0. The molecule has 1 amide bonds. The second kappa shape index (κ2) is 14.3. The maximum atomic E-state index is 12.0. The summed E-state index contributed by atoms with van der Waals surface area (Å²) in [4.78, 5) is 50.9. The number of hydrogen-bond donors (Lipinski definition) is 4. The molecular weight excluding hydrogens is 659 g/mol. The molecule has 0 aliphatic carbocycles. The Labute approximate surface area is 278 Å². The molecule has 6 rings (SSSR count). The number of ether oxygens (including phenoxy) is 1. The summed E-state index contributed by atoms with van der Waals surface area (Å²) in [7, 11) is 0. The molecule has 48 heavy (non-hydrogen) atoms. The van der Waals surface area contributed by atoms with Crippen LogP contribution < -0.4 is 5.32 Å². The number of aromatic hydroxyl groups is 2. The highest BCUT2D eigenvalue weighted by molar-refractivity contribution is 7.22. The third-order valence-electron chi connectivity index (χ3n) is 6.37. The van der Waals surface area contributed by atoms with Crippen molar-refractivity contribution in [1.82, 2.24) is 25.3 Å². The molecule has 2 aromatic carbocycles. The van der Waals surface area contributed by atoms with Gasteiger partial charge in [0.1, 0.15) is 49.1 Å². The zero-order valence-corrected chi connectivity index (χ0v) is 26.3. The summed E-state index contributed by atoms with van der Waals surface area (Å²) in [6, 6.07) is 22.3. The van der Waals surface area contributed by atoms with Crippen molar-refractivity contribution in [2.75, 3.05) is 13.2 Å². The van der Waals surface area contributed by atoms with Crippen LogP contribution in [0.15, 0.2) is 60.7 Å². The number of benzene rings is 2. The van der Waals surface area contributed by atoms with Gasteiger partial charge < -0.3 is 25.4 Å². The second-order valence-corrected chi connectivity index (χ2v) is 11.5. The van der Waals surface area contributed by atoms with Crippen LogP contribution >= 0.6 is 22.7 Å². The fourth-order valence-electron chi connectivity index (χ4n) is 4.24. The van der Waals surface area contributed by atoms with Crippen molar-refractivity contribution in [3.8, 4) is 44.8 Å². The van der Waals surface area contributed by atoms with Crippen LogP contribution in [0.3, 0.4) is 0 Å². The first kappa shape index (κ1) is 32.9. The maximum Gasteiger partial charge on any atom is 0.360 e. The maximum absolute atomic E-state index is 12.0. The first-order chi connectivity index (χ1) is 23.2. The van der Waals surface area contributed by atoms with Gasteiger partial charge in [0, 0.05) is 11.1 Å². The van der Waals surface area contributed by atoms with E-state index in [-0.39, 0.29) is 45.2 Å². The molecule has 4 aromatic heterocycles. The van der Waals surface area contributed by atoms with Gasteiger partial charge in [0.05, 0.1) is 6.61 Å². The second-order valence-electron chi connectivity index (χ2n) is 9.46. The summed E-state index contributed by atoms with van der Waals surface area (Å²) < 4.78 is 5.45. The number of amides is 1. The molecule has 14 nitrogen and oxygen atoms in total. The van der Waals surface area contributed by atoms with Gasteiger partial charge in [-0.25, -0.2) is 24.7 Å². The number of esters is 1. The zero-order chi connectivity index (χ0) is 34.4. The largest absolute Gasteiger partial charge is 0.504 e.